The summed E-state index contributed by atoms with van der Waals surface area (Å²) in [7, 11) is 1.64. The largest absolute Gasteiger partial charge is 0.496 e. The molecule has 6 nitrogen and oxygen atoms in total. The lowest BCUT2D eigenvalue weighted by Crippen LogP contribution is -2.22. The normalized spacial score (nSPS) is 11.0. The summed E-state index contributed by atoms with van der Waals surface area (Å²) in [6.45, 7) is 4.21. The molecule has 6 heteroatoms. The monoisotopic (exact) mass is 284 g/mol. The lowest BCUT2D eigenvalue weighted by atomic mass is 10.1. The van der Waals surface area contributed by atoms with E-state index in [4.69, 9.17) is 4.74 Å². The third-order valence-corrected chi connectivity index (χ3v) is 3.54. The fourth-order valence-corrected chi connectivity index (χ4v) is 2.44. The highest BCUT2D eigenvalue weighted by Crippen LogP contribution is 2.24. The highest BCUT2D eigenvalue weighted by atomic mass is 16.5. The van der Waals surface area contributed by atoms with E-state index in [-0.39, 0.29) is 5.69 Å². The van der Waals surface area contributed by atoms with Crippen LogP contribution in [0.25, 0.3) is 5.65 Å². The lowest BCUT2D eigenvalue weighted by molar-refractivity contribution is 0.406. The molecule has 3 aromatic heterocycles. The fourth-order valence-electron chi connectivity index (χ4n) is 2.44. The van der Waals surface area contributed by atoms with Crippen LogP contribution in [0.4, 0.5) is 0 Å². The molecule has 0 amide bonds. The van der Waals surface area contributed by atoms with E-state index < -0.39 is 0 Å². The fraction of sp³-hybridized carbons (Fsp3) is 0.267. The van der Waals surface area contributed by atoms with Crippen molar-refractivity contribution in [3.63, 3.8) is 0 Å². The molecule has 0 radical (unpaired) electrons. The number of ether oxygens (including phenoxy) is 1. The standard InChI is InChI=1S/C15H16N4O2/c1-10-8-16-12(11(2)14(10)21-3)9-19-15(20)18-7-5-4-6-13(18)17-19/h4-8H,9H2,1-3H3. The van der Waals surface area contributed by atoms with Gasteiger partial charge in [-0.3, -0.25) is 9.38 Å². The summed E-state index contributed by atoms with van der Waals surface area (Å²) in [5, 5.41) is 4.31. The lowest BCUT2D eigenvalue weighted by Gasteiger charge is -2.11. The predicted octanol–water partition coefficient (Wildman–Crippen LogP) is 1.56. The summed E-state index contributed by atoms with van der Waals surface area (Å²) in [6, 6.07) is 5.46. The molecule has 0 saturated carbocycles. The van der Waals surface area contributed by atoms with Crippen LogP contribution in [-0.2, 0) is 6.54 Å². The molecular weight excluding hydrogens is 268 g/mol. The predicted molar refractivity (Wildman–Crippen MR) is 78.8 cm³/mol. The van der Waals surface area contributed by atoms with E-state index in [0.29, 0.717) is 12.2 Å². The van der Waals surface area contributed by atoms with Crippen LogP contribution in [0.2, 0.25) is 0 Å². The van der Waals surface area contributed by atoms with E-state index in [1.165, 1.54) is 9.08 Å². The number of fused-ring (bicyclic) bond motifs is 1. The van der Waals surface area contributed by atoms with Gasteiger partial charge in [0.15, 0.2) is 5.65 Å². The van der Waals surface area contributed by atoms with Crippen molar-refractivity contribution in [2.45, 2.75) is 20.4 Å². The highest BCUT2D eigenvalue weighted by molar-refractivity contribution is 5.41. The molecule has 0 fully saturated rings. The maximum absolute atomic E-state index is 12.3. The maximum Gasteiger partial charge on any atom is 0.350 e. The smallest absolute Gasteiger partial charge is 0.350 e. The number of hydrogen-bond donors (Lipinski definition) is 0. The van der Waals surface area contributed by atoms with Crippen molar-refractivity contribution in [1.82, 2.24) is 19.2 Å². The summed E-state index contributed by atoms with van der Waals surface area (Å²) in [6.07, 6.45) is 3.46. The Kier molecular flexibility index (Phi) is 3.21. The maximum atomic E-state index is 12.3. The zero-order valence-electron chi connectivity index (χ0n) is 12.2. The van der Waals surface area contributed by atoms with Crippen LogP contribution < -0.4 is 10.4 Å². The average molecular weight is 284 g/mol. The molecule has 0 spiro atoms. The summed E-state index contributed by atoms with van der Waals surface area (Å²) < 4.78 is 8.32. The summed E-state index contributed by atoms with van der Waals surface area (Å²) in [4.78, 5) is 16.7. The second-order valence-electron chi connectivity index (χ2n) is 4.92. The summed E-state index contributed by atoms with van der Waals surface area (Å²) in [5.74, 6) is 0.803. The van der Waals surface area contributed by atoms with Crippen LogP contribution in [0.5, 0.6) is 5.75 Å². The minimum Gasteiger partial charge on any atom is -0.496 e. The van der Waals surface area contributed by atoms with Gasteiger partial charge in [-0.2, -0.15) is 0 Å². The van der Waals surface area contributed by atoms with Crippen molar-refractivity contribution in [2.24, 2.45) is 0 Å². The van der Waals surface area contributed by atoms with Crippen LogP contribution in [0.3, 0.4) is 0 Å². The van der Waals surface area contributed by atoms with Crippen LogP contribution in [0.1, 0.15) is 16.8 Å². The third kappa shape index (κ3) is 2.18. The van der Waals surface area contributed by atoms with Gasteiger partial charge in [-0.05, 0) is 26.0 Å². The van der Waals surface area contributed by atoms with Crippen LogP contribution >= 0.6 is 0 Å². The van der Waals surface area contributed by atoms with Gasteiger partial charge in [-0.1, -0.05) is 6.07 Å². The first-order valence-corrected chi connectivity index (χ1v) is 6.65. The number of pyridine rings is 2. The molecule has 0 aliphatic carbocycles. The molecule has 0 aliphatic rings. The Balaban J connectivity index is 2.07. The number of hydrogen-bond acceptors (Lipinski definition) is 4. The van der Waals surface area contributed by atoms with E-state index >= 15 is 0 Å². The van der Waals surface area contributed by atoms with Crippen molar-refractivity contribution in [1.29, 1.82) is 0 Å². The number of rotatable bonds is 3. The Labute approximate surface area is 121 Å². The van der Waals surface area contributed by atoms with Gasteiger partial charge < -0.3 is 4.74 Å². The summed E-state index contributed by atoms with van der Waals surface area (Å²) in [5.41, 5.74) is 3.14. The Morgan fingerprint density at radius 3 is 2.81 bits per heavy atom. The molecule has 0 bridgehead atoms. The molecular formula is C15H16N4O2. The SMILES string of the molecule is COc1c(C)cnc(Cn2nc3ccccn3c2=O)c1C. The topological polar surface area (TPSA) is 61.4 Å². The van der Waals surface area contributed by atoms with Gasteiger partial charge in [0.1, 0.15) is 5.75 Å². The van der Waals surface area contributed by atoms with Gasteiger partial charge in [0.2, 0.25) is 0 Å². The first-order chi connectivity index (χ1) is 10.1. The van der Waals surface area contributed by atoms with Crippen molar-refractivity contribution in [3.05, 3.63) is 57.9 Å². The molecule has 3 aromatic rings. The van der Waals surface area contributed by atoms with Crippen molar-refractivity contribution < 1.29 is 4.74 Å². The molecule has 0 aliphatic heterocycles. The van der Waals surface area contributed by atoms with Crippen LogP contribution in [0, 0.1) is 13.8 Å². The van der Waals surface area contributed by atoms with Gasteiger partial charge in [0.05, 0.1) is 19.3 Å². The molecule has 3 rings (SSSR count). The van der Waals surface area contributed by atoms with E-state index in [2.05, 4.69) is 10.1 Å². The van der Waals surface area contributed by atoms with E-state index in [1.807, 2.05) is 19.9 Å². The first kappa shape index (κ1) is 13.4. The Morgan fingerprint density at radius 2 is 2.10 bits per heavy atom. The van der Waals surface area contributed by atoms with Gasteiger partial charge in [0, 0.05) is 23.5 Å². The Morgan fingerprint density at radius 1 is 1.29 bits per heavy atom. The molecule has 0 atom stereocenters. The quantitative estimate of drug-likeness (QED) is 0.732. The van der Waals surface area contributed by atoms with Crippen molar-refractivity contribution >= 4 is 5.65 Å². The van der Waals surface area contributed by atoms with Crippen LogP contribution in [-0.4, -0.2) is 26.3 Å². The number of aromatic nitrogens is 4. The molecule has 0 unspecified atom stereocenters. The molecule has 21 heavy (non-hydrogen) atoms. The number of methoxy groups -OCH3 is 1. The van der Waals surface area contributed by atoms with Gasteiger partial charge in [0.25, 0.3) is 0 Å². The Bertz CT molecular complexity index is 864. The van der Waals surface area contributed by atoms with Gasteiger partial charge >= 0.3 is 5.69 Å². The van der Waals surface area contributed by atoms with Crippen molar-refractivity contribution in [3.8, 4) is 5.75 Å². The number of nitrogens with zero attached hydrogens (tertiary/aromatic N) is 4. The molecule has 3 heterocycles. The second-order valence-corrected chi connectivity index (χ2v) is 4.92. The van der Waals surface area contributed by atoms with E-state index in [1.54, 1.807) is 31.6 Å². The molecule has 108 valence electrons. The van der Waals surface area contributed by atoms with Crippen molar-refractivity contribution in [2.75, 3.05) is 7.11 Å². The third-order valence-electron chi connectivity index (χ3n) is 3.54. The van der Waals surface area contributed by atoms with Gasteiger partial charge in [-0.25, -0.2) is 9.48 Å². The Hall–Kier alpha value is -2.63. The first-order valence-electron chi connectivity index (χ1n) is 6.65. The molecule has 0 N–H and O–H groups in total. The zero-order chi connectivity index (χ0) is 15.0. The average Bonchev–Trinajstić information content (AvgIpc) is 2.80. The minimum absolute atomic E-state index is 0.175. The molecule has 0 saturated heterocycles. The van der Waals surface area contributed by atoms with Gasteiger partial charge in [-0.15, -0.1) is 5.10 Å². The van der Waals surface area contributed by atoms with E-state index in [9.17, 15) is 4.79 Å². The minimum atomic E-state index is -0.175. The number of aryl methyl sites for hydroxylation is 1. The second kappa shape index (κ2) is 5.05. The van der Waals surface area contributed by atoms with Crippen LogP contribution in [0.15, 0.2) is 35.4 Å². The summed E-state index contributed by atoms with van der Waals surface area (Å²) >= 11 is 0. The highest BCUT2D eigenvalue weighted by Gasteiger charge is 2.13. The molecule has 0 aromatic carbocycles. The van der Waals surface area contributed by atoms with E-state index in [0.717, 1.165) is 22.6 Å². The zero-order valence-corrected chi connectivity index (χ0v) is 12.2.